The second-order valence-corrected chi connectivity index (χ2v) is 5.69. The van der Waals surface area contributed by atoms with Crippen molar-refractivity contribution in [1.29, 1.82) is 0 Å². The lowest BCUT2D eigenvalue weighted by atomic mass is 10.1. The van der Waals surface area contributed by atoms with Crippen molar-refractivity contribution in [3.63, 3.8) is 0 Å². The molecule has 2 aromatic carbocycles. The quantitative estimate of drug-likeness (QED) is 0.793. The maximum atomic E-state index is 11.7. The molecule has 0 radical (unpaired) electrons. The van der Waals surface area contributed by atoms with Crippen LogP contribution in [0.3, 0.4) is 0 Å². The highest BCUT2D eigenvalue weighted by molar-refractivity contribution is 5.67. The predicted octanol–water partition coefficient (Wildman–Crippen LogP) is 3.28. The molecular formula is C19H21NO4. The maximum Gasteiger partial charge on any atom is 0.409 e. The summed E-state index contributed by atoms with van der Waals surface area (Å²) in [4.78, 5) is 11.7. The van der Waals surface area contributed by atoms with Gasteiger partial charge in [-0.25, -0.2) is 4.79 Å². The fraction of sp³-hybridized carbons (Fsp3) is 0.316. The molecule has 1 saturated heterocycles. The van der Waals surface area contributed by atoms with Gasteiger partial charge in [-0.1, -0.05) is 42.5 Å². The Morgan fingerprint density at radius 3 is 2.54 bits per heavy atom. The Morgan fingerprint density at radius 2 is 1.83 bits per heavy atom. The molecule has 0 aliphatic carbocycles. The van der Waals surface area contributed by atoms with Gasteiger partial charge in [0.25, 0.3) is 0 Å². The minimum absolute atomic E-state index is 0.0522. The van der Waals surface area contributed by atoms with Crippen LogP contribution in [0.2, 0.25) is 0 Å². The first-order valence-corrected chi connectivity index (χ1v) is 8.00. The lowest BCUT2D eigenvalue weighted by Crippen LogP contribution is -2.28. The first-order valence-electron chi connectivity index (χ1n) is 8.00. The summed E-state index contributed by atoms with van der Waals surface area (Å²) < 4.78 is 15.8. The zero-order valence-electron chi connectivity index (χ0n) is 13.6. The molecule has 0 bridgehead atoms. The number of carbonyl (C=O) groups excluding carboxylic acids is 1. The van der Waals surface area contributed by atoms with Gasteiger partial charge >= 0.3 is 6.09 Å². The average molecular weight is 327 g/mol. The highest BCUT2D eigenvalue weighted by Gasteiger charge is 2.39. The number of epoxide rings is 1. The van der Waals surface area contributed by atoms with Crippen LogP contribution in [0.4, 0.5) is 4.79 Å². The van der Waals surface area contributed by atoms with Gasteiger partial charge in [0, 0.05) is 0 Å². The van der Waals surface area contributed by atoms with Crippen molar-refractivity contribution in [2.75, 3.05) is 7.11 Å². The van der Waals surface area contributed by atoms with Gasteiger partial charge in [-0.05, 0) is 36.1 Å². The molecule has 1 heterocycles. The van der Waals surface area contributed by atoms with Gasteiger partial charge in [-0.3, -0.25) is 5.32 Å². The van der Waals surface area contributed by atoms with E-state index in [0.29, 0.717) is 0 Å². The molecular weight excluding hydrogens is 306 g/mol. The van der Waals surface area contributed by atoms with Crippen LogP contribution >= 0.6 is 0 Å². The van der Waals surface area contributed by atoms with E-state index in [1.807, 2.05) is 54.6 Å². The molecule has 1 N–H and O–H groups in total. The third kappa shape index (κ3) is 4.73. The third-order valence-corrected chi connectivity index (χ3v) is 3.93. The molecule has 5 nitrogen and oxygen atoms in total. The second-order valence-electron chi connectivity index (χ2n) is 5.69. The molecule has 1 aliphatic rings. The molecule has 5 heteroatoms. The summed E-state index contributed by atoms with van der Waals surface area (Å²) >= 11 is 0. The van der Waals surface area contributed by atoms with Crippen LogP contribution in [-0.2, 0) is 22.5 Å². The van der Waals surface area contributed by atoms with E-state index in [1.54, 1.807) is 7.11 Å². The minimum atomic E-state index is -0.448. The summed E-state index contributed by atoms with van der Waals surface area (Å²) in [5.41, 5.74) is 2.18. The van der Waals surface area contributed by atoms with Gasteiger partial charge in [0.05, 0.1) is 7.11 Å². The number of rotatable bonds is 7. The first-order chi connectivity index (χ1) is 11.7. The van der Waals surface area contributed by atoms with Crippen LogP contribution in [0.1, 0.15) is 17.5 Å². The lowest BCUT2D eigenvalue weighted by Gasteiger charge is -2.05. The van der Waals surface area contributed by atoms with Crippen molar-refractivity contribution >= 4 is 6.09 Å². The Morgan fingerprint density at radius 1 is 1.08 bits per heavy atom. The summed E-state index contributed by atoms with van der Waals surface area (Å²) in [6.45, 7) is 0.260. The Balaban J connectivity index is 1.34. The molecule has 2 atom stereocenters. The monoisotopic (exact) mass is 327 g/mol. The zero-order valence-corrected chi connectivity index (χ0v) is 13.6. The fourth-order valence-corrected chi connectivity index (χ4v) is 2.47. The van der Waals surface area contributed by atoms with Crippen molar-refractivity contribution in [3.05, 3.63) is 65.7 Å². The van der Waals surface area contributed by atoms with Gasteiger partial charge in [0.2, 0.25) is 0 Å². The van der Waals surface area contributed by atoms with Crippen LogP contribution in [0.15, 0.2) is 54.6 Å². The van der Waals surface area contributed by atoms with Crippen LogP contribution in [0.25, 0.3) is 0 Å². The first kappa shape index (κ1) is 16.3. The van der Waals surface area contributed by atoms with Crippen molar-refractivity contribution in [2.45, 2.75) is 31.8 Å². The zero-order chi connectivity index (χ0) is 16.8. The van der Waals surface area contributed by atoms with E-state index < -0.39 is 6.09 Å². The summed E-state index contributed by atoms with van der Waals surface area (Å²) in [6, 6.07) is 17.5. The number of carbonyl (C=O) groups is 1. The molecule has 1 aliphatic heterocycles. The Bertz CT molecular complexity index is 657. The number of hydrogen-bond donors (Lipinski definition) is 1. The van der Waals surface area contributed by atoms with E-state index in [4.69, 9.17) is 14.2 Å². The Hall–Kier alpha value is -2.53. The highest BCUT2D eigenvalue weighted by atomic mass is 16.6. The largest absolute Gasteiger partial charge is 0.497 e. The molecule has 0 unspecified atom stereocenters. The highest BCUT2D eigenvalue weighted by Crippen LogP contribution is 2.25. The number of methoxy groups -OCH3 is 1. The third-order valence-electron chi connectivity index (χ3n) is 3.93. The molecule has 3 rings (SSSR count). The summed E-state index contributed by atoms with van der Waals surface area (Å²) in [5, 5.41) is 2.73. The normalized spacial score (nSPS) is 18.7. The van der Waals surface area contributed by atoms with Gasteiger partial charge in [0.1, 0.15) is 18.5 Å². The van der Waals surface area contributed by atoms with E-state index >= 15 is 0 Å². The van der Waals surface area contributed by atoms with Crippen LogP contribution in [-0.4, -0.2) is 25.5 Å². The Labute approximate surface area is 141 Å². The number of ether oxygens (including phenoxy) is 3. The molecule has 2 aromatic rings. The van der Waals surface area contributed by atoms with Crippen LogP contribution < -0.4 is 10.1 Å². The molecule has 0 spiro atoms. The number of aryl methyl sites for hydroxylation is 1. The number of alkyl carbamates (subject to hydrolysis) is 1. The van der Waals surface area contributed by atoms with E-state index in [-0.39, 0.29) is 18.9 Å². The predicted molar refractivity (Wildman–Crippen MR) is 89.7 cm³/mol. The van der Waals surface area contributed by atoms with Crippen LogP contribution in [0.5, 0.6) is 5.75 Å². The SMILES string of the molecule is COc1ccc(CC[C@@H]2O[C@@H]2NC(=O)OCc2ccccc2)cc1. The van der Waals surface area contributed by atoms with Gasteiger partial charge in [-0.15, -0.1) is 0 Å². The van der Waals surface area contributed by atoms with Crippen molar-refractivity contribution in [1.82, 2.24) is 5.32 Å². The minimum Gasteiger partial charge on any atom is -0.497 e. The van der Waals surface area contributed by atoms with Crippen molar-refractivity contribution < 1.29 is 19.0 Å². The standard InChI is InChI=1S/C19H21NO4/c1-22-16-10-7-14(8-11-16)9-12-17-18(24-17)20-19(21)23-13-15-5-3-2-4-6-15/h2-8,10-11,17-18H,9,12-13H2,1H3,(H,20,21)/t17-,18-/m0/s1. The van der Waals surface area contributed by atoms with Crippen LogP contribution in [0, 0.1) is 0 Å². The van der Waals surface area contributed by atoms with E-state index in [2.05, 4.69) is 5.32 Å². The van der Waals surface area contributed by atoms with Gasteiger partial charge in [0.15, 0.2) is 6.23 Å². The van der Waals surface area contributed by atoms with Gasteiger partial charge in [-0.2, -0.15) is 0 Å². The van der Waals surface area contributed by atoms with E-state index in [0.717, 1.165) is 24.2 Å². The fourth-order valence-electron chi connectivity index (χ4n) is 2.47. The lowest BCUT2D eigenvalue weighted by molar-refractivity contribution is 0.135. The molecule has 0 aromatic heterocycles. The van der Waals surface area contributed by atoms with Crippen molar-refractivity contribution in [2.24, 2.45) is 0 Å². The van der Waals surface area contributed by atoms with Gasteiger partial charge < -0.3 is 14.2 Å². The smallest absolute Gasteiger partial charge is 0.409 e. The summed E-state index contributed by atoms with van der Waals surface area (Å²) in [7, 11) is 1.65. The second kappa shape index (κ2) is 7.84. The maximum absolute atomic E-state index is 11.7. The van der Waals surface area contributed by atoms with E-state index in [9.17, 15) is 4.79 Å². The summed E-state index contributed by atoms with van der Waals surface area (Å²) in [5.74, 6) is 0.849. The topological polar surface area (TPSA) is 60.1 Å². The number of nitrogens with one attached hydrogen (secondary N) is 1. The number of hydrogen-bond acceptors (Lipinski definition) is 4. The number of amides is 1. The summed E-state index contributed by atoms with van der Waals surface area (Å²) in [6.07, 6.45) is 1.11. The molecule has 126 valence electrons. The van der Waals surface area contributed by atoms with E-state index in [1.165, 1.54) is 5.56 Å². The molecule has 0 saturated carbocycles. The molecule has 1 amide bonds. The molecule has 1 fully saturated rings. The number of benzene rings is 2. The Kier molecular flexibility index (Phi) is 5.33. The average Bonchev–Trinajstić information content (AvgIpc) is 3.37. The van der Waals surface area contributed by atoms with Crippen molar-refractivity contribution in [3.8, 4) is 5.75 Å². The molecule has 24 heavy (non-hydrogen) atoms.